The van der Waals surface area contributed by atoms with Crippen LogP contribution in [0, 0.1) is 11.3 Å². The van der Waals surface area contributed by atoms with Crippen LogP contribution < -0.4 is 19.4 Å². The van der Waals surface area contributed by atoms with Crippen LogP contribution in [-0.2, 0) is 30.3 Å². The smallest absolute Gasteiger partial charge is 0.246 e. The number of nitriles is 1. The van der Waals surface area contributed by atoms with Gasteiger partial charge in [-0.25, -0.2) is 9.97 Å². The molecule has 0 spiro atoms. The summed E-state index contributed by atoms with van der Waals surface area (Å²) >= 11 is 0. The van der Waals surface area contributed by atoms with E-state index < -0.39 is 0 Å². The molecule has 250 valence electrons. The number of ether oxygens (including phenoxy) is 6. The van der Waals surface area contributed by atoms with E-state index in [9.17, 15) is 5.26 Å². The predicted molar refractivity (Wildman–Crippen MR) is 173 cm³/mol. The normalized spacial score (nSPS) is 13.6. The summed E-state index contributed by atoms with van der Waals surface area (Å²) in [6, 6.07) is 3.87. The third kappa shape index (κ3) is 9.30. The lowest BCUT2D eigenvalue weighted by atomic mass is 10.1. The summed E-state index contributed by atoms with van der Waals surface area (Å²) in [6.07, 6.45) is 5.07. The Kier molecular flexibility index (Phi) is 13.9. The highest BCUT2D eigenvalue weighted by Crippen LogP contribution is 2.34. The van der Waals surface area contributed by atoms with Crippen molar-refractivity contribution in [3.05, 3.63) is 29.6 Å². The van der Waals surface area contributed by atoms with Crippen molar-refractivity contribution in [1.82, 2.24) is 24.9 Å². The molecule has 0 N–H and O–H groups in total. The molecule has 0 unspecified atom stereocenters. The molecule has 0 aliphatic carbocycles. The van der Waals surface area contributed by atoms with Crippen molar-refractivity contribution in [3.8, 4) is 11.9 Å². The van der Waals surface area contributed by atoms with Crippen molar-refractivity contribution in [2.24, 2.45) is 0 Å². The van der Waals surface area contributed by atoms with E-state index >= 15 is 0 Å². The molecule has 1 fully saturated rings. The van der Waals surface area contributed by atoms with Crippen molar-refractivity contribution >= 4 is 28.7 Å². The Hall–Kier alpha value is -3.94. The topological polar surface area (TPSA) is 153 Å². The van der Waals surface area contributed by atoms with Crippen molar-refractivity contribution in [1.29, 1.82) is 5.26 Å². The zero-order valence-corrected chi connectivity index (χ0v) is 27.5. The van der Waals surface area contributed by atoms with E-state index in [-0.39, 0.29) is 18.6 Å². The maximum atomic E-state index is 9.39. The summed E-state index contributed by atoms with van der Waals surface area (Å²) in [5, 5.41) is 9.39. The molecule has 0 saturated carbocycles. The van der Waals surface area contributed by atoms with Crippen molar-refractivity contribution in [2.75, 3.05) is 116 Å². The fraction of sp³-hybridized carbons (Fsp3) is 0.613. The van der Waals surface area contributed by atoms with Gasteiger partial charge in [-0.15, -0.1) is 0 Å². The first kappa shape index (κ1) is 34.9. The van der Waals surface area contributed by atoms with E-state index in [0.29, 0.717) is 86.9 Å². The molecule has 3 aromatic heterocycles. The highest BCUT2D eigenvalue weighted by atomic mass is 16.5. The molecule has 15 nitrogen and oxygen atoms in total. The molecule has 0 bridgehead atoms. The van der Waals surface area contributed by atoms with Gasteiger partial charge in [0.15, 0.2) is 11.3 Å². The van der Waals surface area contributed by atoms with E-state index in [0.717, 1.165) is 31.5 Å². The zero-order chi connectivity index (χ0) is 32.7. The number of methoxy groups -OCH3 is 5. The van der Waals surface area contributed by atoms with Crippen LogP contribution in [-0.4, -0.2) is 132 Å². The largest absolute Gasteiger partial charge is 0.471 e. The Labute approximate surface area is 270 Å². The van der Waals surface area contributed by atoms with Crippen molar-refractivity contribution in [2.45, 2.75) is 25.6 Å². The summed E-state index contributed by atoms with van der Waals surface area (Å²) in [7, 11) is 8.39. The number of pyridine rings is 1. The van der Waals surface area contributed by atoms with Crippen LogP contribution in [0.4, 0.5) is 17.7 Å². The van der Waals surface area contributed by atoms with Gasteiger partial charge in [0.25, 0.3) is 0 Å². The molecule has 1 aliphatic heterocycles. The Bertz CT molecular complexity index is 1400. The second-order valence-electron chi connectivity index (χ2n) is 10.7. The molecule has 1 saturated heterocycles. The summed E-state index contributed by atoms with van der Waals surface area (Å²) in [6.45, 7) is 5.67. The molecule has 0 atom stereocenters. The standard InChI is InChI=1S/C31H45N9O6/c1-41-14-10-39(11-15-42-2)30-35-27-26(28(36-30)38-8-6-25(45-5)7-9-38)34-31(40(12-16-43-3)13-17-44-4)37-29(27)46-22-24-18-23(19-32)20-33-21-24/h18,20-21,25H,6-17,22H2,1-5H3. The minimum Gasteiger partial charge on any atom is -0.471 e. The lowest BCUT2D eigenvalue weighted by molar-refractivity contribution is 0.0818. The van der Waals surface area contributed by atoms with E-state index in [1.807, 2.05) is 9.80 Å². The van der Waals surface area contributed by atoms with Crippen molar-refractivity contribution < 1.29 is 28.4 Å². The van der Waals surface area contributed by atoms with Crippen molar-refractivity contribution in [3.63, 3.8) is 0 Å². The predicted octanol–water partition coefficient (Wildman–Crippen LogP) is 2.08. The Morgan fingerprint density at radius 2 is 1.35 bits per heavy atom. The number of aromatic nitrogens is 5. The van der Waals surface area contributed by atoms with E-state index in [2.05, 4.69) is 16.0 Å². The van der Waals surface area contributed by atoms with Gasteiger partial charge >= 0.3 is 0 Å². The van der Waals surface area contributed by atoms with Crippen LogP contribution in [0.2, 0.25) is 0 Å². The molecule has 0 amide bonds. The van der Waals surface area contributed by atoms with Gasteiger partial charge in [0.2, 0.25) is 17.8 Å². The number of piperidine rings is 1. The summed E-state index contributed by atoms with van der Waals surface area (Å²) in [5.74, 6) is 1.92. The van der Waals surface area contributed by atoms with Crippen LogP contribution in [0.1, 0.15) is 24.0 Å². The monoisotopic (exact) mass is 639 g/mol. The zero-order valence-electron chi connectivity index (χ0n) is 27.5. The van der Waals surface area contributed by atoms with Crippen LogP contribution in [0.3, 0.4) is 0 Å². The molecule has 1 aliphatic rings. The summed E-state index contributed by atoms with van der Waals surface area (Å²) < 4.78 is 33.6. The fourth-order valence-electron chi connectivity index (χ4n) is 5.07. The first-order valence-electron chi connectivity index (χ1n) is 15.3. The molecule has 46 heavy (non-hydrogen) atoms. The third-order valence-corrected chi connectivity index (χ3v) is 7.67. The molecule has 4 rings (SSSR count). The summed E-state index contributed by atoms with van der Waals surface area (Å²) in [4.78, 5) is 30.5. The Balaban J connectivity index is 1.89. The van der Waals surface area contributed by atoms with Crippen LogP contribution >= 0.6 is 0 Å². The Morgan fingerprint density at radius 3 is 1.89 bits per heavy atom. The average Bonchev–Trinajstić information content (AvgIpc) is 3.10. The van der Waals surface area contributed by atoms with E-state index in [4.69, 9.17) is 48.4 Å². The molecule has 4 heterocycles. The third-order valence-electron chi connectivity index (χ3n) is 7.67. The molecule has 0 aromatic carbocycles. The average molecular weight is 640 g/mol. The van der Waals surface area contributed by atoms with E-state index in [1.54, 1.807) is 47.8 Å². The van der Waals surface area contributed by atoms with Gasteiger partial charge in [0, 0.05) is 92.8 Å². The van der Waals surface area contributed by atoms with Crippen LogP contribution in [0.25, 0.3) is 11.0 Å². The van der Waals surface area contributed by atoms with Crippen LogP contribution in [0.5, 0.6) is 5.88 Å². The second-order valence-corrected chi connectivity index (χ2v) is 10.7. The highest BCUT2D eigenvalue weighted by Gasteiger charge is 2.27. The lowest BCUT2D eigenvalue weighted by Gasteiger charge is -2.33. The lowest BCUT2D eigenvalue weighted by Crippen LogP contribution is -2.38. The second kappa shape index (κ2) is 18.3. The molecular weight excluding hydrogens is 594 g/mol. The molecule has 0 radical (unpaired) electrons. The molecule has 15 heteroatoms. The minimum atomic E-state index is 0.120. The SMILES string of the molecule is COCCN(CCOC)c1nc(N2CCC(OC)CC2)c2nc(N(CCOC)CCOC)nc(OCc3cncc(C#N)c3)c2n1. The highest BCUT2D eigenvalue weighted by molar-refractivity contribution is 5.91. The Morgan fingerprint density at radius 1 is 0.783 bits per heavy atom. The van der Waals surface area contributed by atoms with Gasteiger partial charge in [0.1, 0.15) is 18.2 Å². The van der Waals surface area contributed by atoms with Crippen LogP contribution in [0.15, 0.2) is 18.5 Å². The number of hydrogen-bond donors (Lipinski definition) is 0. The van der Waals surface area contributed by atoms with Gasteiger partial charge < -0.3 is 43.1 Å². The molecular formula is C31H45N9O6. The molecule has 3 aromatic rings. The van der Waals surface area contributed by atoms with Gasteiger partial charge in [0.05, 0.1) is 38.1 Å². The maximum Gasteiger partial charge on any atom is 0.246 e. The van der Waals surface area contributed by atoms with Gasteiger partial charge in [-0.1, -0.05) is 0 Å². The first-order chi connectivity index (χ1) is 22.5. The fourth-order valence-corrected chi connectivity index (χ4v) is 5.07. The van der Waals surface area contributed by atoms with Gasteiger partial charge in [-0.2, -0.15) is 15.2 Å². The van der Waals surface area contributed by atoms with Gasteiger partial charge in [-0.3, -0.25) is 4.98 Å². The van der Waals surface area contributed by atoms with E-state index in [1.165, 1.54) is 6.20 Å². The maximum absolute atomic E-state index is 9.39. The number of fused-ring (bicyclic) bond motifs is 1. The summed E-state index contributed by atoms with van der Waals surface area (Å²) in [5.41, 5.74) is 2.21. The van der Waals surface area contributed by atoms with Gasteiger partial charge in [-0.05, 0) is 18.9 Å². The number of anilines is 3. The quantitative estimate of drug-likeness (QED) is 0.188. The first-order valence-corrected chi connectivity index (χ1v) is 15.3. The number of nitrogens with zero attached hydrogens (tertiary/aromatic N) is 9. The minimum absolute atomic E-state index is 0.120. The number of hydrogen-bond acceptors (Lipinski definition) is 15. The number of rotatable bonds is 19.